The number of carbonyl (C=O) groups excluding carboxylic acids is 1. The molecule has 2 aromatic heterocycles. The molecule has 10 heteroatoms. The third-order valence-electron chi connectivity index (χ3n) is 4.94. The quantitative estimate of drug-likeness (QED) is 0.314. The van der Waals surface area contributed by atoms with Crippen molar-refractivity contribution in [1.29, 1.82) is 0 Å². The molecule has 1 N–H and O–H groups in total. The average Bonchev–Trinajstić information content (AvgIpc) is 3.46. The van der Waals surface area contributed by atoms with E-state index >= 15 is 0 Å². The van der Waals surface area contributed by atoms with Gasteiger partial charge in [0.05, 0.1) is 28.1 Å². The second kappa shape index (κ2) is 9.70. The van der Waals surface area contributed by atoms with Gasteiger partial charge in [-0.3, -0.25) is 9.36 Å². The highest BCUT2D eigenvalue weighted by atomic mass is 32.2. The Bertz CT molecular complexity index is 1430. The van der Waals surface area contributed by atoms with Gasteiger partial charge in [-0.15, -0.1) is 21.5 Å². The molecule has 3 aromatic carbocycles. The molecule has 0 fully saturated rings. The number of hydrogen-bond donors (Lipinski definition) is 1. The molecule has 6 nitrogen and oxygen atoms in total. The van der Waals surface area contributed by atoms with Crippen molar-refractivity contribution in [2.45, 2.75) is 11.7 Å². The summed E-state index contributed by atoms with van der Waals surface area (Å²) in [6.07, 6.45) is 0. The minimum atomic E-state index is -0.455. The van der Waals surface area contributed by atoms with E-state index in [1.807, 2.05) is 24.3 Å². The highest BCUT2D eigenvalue weighted by Crippen LogP contribution is 2.29. The van der Waals surface area contributed by atoms with Gasteiger partial charge in [0.1, 0.15) is 16.6 Å². The highest BCUT2D eigenvalue weighted by Gasteiger charge is 2.19. The second-order valence-corrected chi connectivity index (χ2v) is 9.30. The number of amides is 1. The first-order valence-corrected chi connectivity index (χ1v) is 12.1. The largest absolute Gasteiger partial charge is 0.349 e. The first-order valence-electron chi connectivity index (χ1n) is 10.3. The minimum Gasteiger partial charge on any atom is -0.349 e. The van der Waals surface area contributed by atoms with Gasteiger partial charge in [0, 0.05) is 5.69 Å². The molecule has 0 aliphatic heterocycles. The van der Waals surface area contributed by atoms with Gasteiger partial charge in [0.2, 0.25) is 5.91 Å². The molecule has 5 rings (SSSR count). The normalized spacial score (nSPS) is 11.1. The van der Waals surface area contributed by atoms with Crippen molar-refractivity contribution < 1.29 is 13.6 Å². The van der Waals surface area contributed by atoms with Crippen LogP contribution in [0.1, 0.15) is 5.01 Å². The molecular formula is C24H17F2N5OS2. The summed E-state index contributed by atoms with van der Waals surface area (Å²) in [6, 6.07) is 19.7. The molecule has 34 heavy (non-hydrogen) atoms. The van der Waals surface area contributed by atoms with Crippen LogP contribution < -0.4 is 5.32 Å². The fourth-order valence-corrected chi connectivity index (χ4v) is 5.04. The molecular weight excluding hydrogens is 476 g/mol. The Hall–Kier alpha value is -3.63. The summed E-state index contributed by atoms with van der Waals surface area (Å²) >= 11 is 2.69. The maximum atomic E-state index is 14.5. The Labute approximate surface area is 201 Å². The molecule has 0 unspecified atom stereocenters. The van der Waals surface area contributed by atoms with Gasteiger partial charge >= 0.3 is 0 Å². The third-order valence-corrected chi connectivity index (χ3v) is 6.91. The third kappa shape index (κ3) is 4.68. The smallest absolute Gasteiger partial charge is 0.230 e. The summed E-state index contributed by atoms with van der Waals surface area (Å²) in [4.78, 5) is 17.0. The molecule has 0 aliphatic carbocycles. The zero-order valence-corrected chi connectivity index (χ0v) is 19.2. The van der Waals surface area contributed by atoms with Crippen LogP contribution in [-0.2, 0) is 11.3 Å². The second-order valence-electron chi connectivity index (χ2n) is 7.24. The number of nitrogens with one attached hydrogen (secondary N) is 1. The fourth-order valence-electron chi connectivity index (χ4n) is 3.35. The van der Waals surface area contributed by atoms with Crippen molar-refractivity contribution in [2.75, 3.05) is 5.75 Å². The van der Waals surface area contributed by atoms with Crippen LogP contribution in [0.15, 0.2) is 78.0 Å². The maximum Gasteiger partial charge on any atom is 0.230 e. The van der Waals surface area contributed by atoms with Gasteiger partial charge in [-0.05, 0) is 48.5 Å². The van der Waals surface area contributed by atoms with Gasteiger partial charge in [-0.1, -0.05) is 36.0 Å². The van der Waals surface area contributed by atoms with Crippen molar-refractivity contribution >= 4 is 39.2 Å². The number of para-hydroxylation sites is 1. The maximum absolute atomic E-state index is 14.5. The van der Waals surface area contributed by atoms with Crippen LogP contribution in [0, 0.1) is 11.6 Å². The standard InChI is InChI=1S/C24H17F2N5OS2/c25-15-9-11-16(12-10-15)31-23(17-5-1-2-6-18(17)26)29-30-24(31)33-14-21(32)27-13-22-28-19-7-3-4-8-20(19)34-22/h1-12H,13-14H2,(H,27,32). The number of fused-ring (bicyclic) bond motifs is 1. The van der Waals surface area contributed by atoms with Crippen LogP contribution in [0.4, 0.5) is 8.78 Å². The lowest BCUT2D eigenvalue weighted by Crippen LogP contribution is -2.24. The van der Waals surface area contributed by atoms with Crippen molar-refractivity contribution in [3.05, 3.63) is 89.4 Å². The van der Waals surface area contributed by atoms with Crippen molar-refractivity contribution in [2.24, 2.45) is 0 Å². The van der Waals surface area contributed by atoms with E-state index in [4.69, 9.17) is 0 Å². The Morgan fingerprint density at radius 2 is 1.74 bits per heavy atom. The Morgan fingerprint density at radius 3 is 2.53 bits per heavy atom. The van der Waals surface area contributed by atoms with E-state index in [-0.39, 0.29) is 23.0 Å². The fraction of sp³-hybridized carbons (Fsp3) is 0.0833. The molecule has 170 valence electrons. The Kier molecular flexibility index (Phi) is 6.33. The Morgan fingerprint density at radius 1 is 0.971 bits per heavy atom. The average molecular weight is 494 g/mol. The zero-order valence-electron chi connectivity index (χ0n) is 17.6. The molecule has 0 aliphatic rings. The molecule has 1 amide bonds. The summed E-state index contributed by atoms with van der Waals surface area (Å²) in [7, 11) is 0. The first-order chi connectivity index (χ1) is 16.6. The topological polar surface area (TPSA) is 72.7 Å². The summed E-state index contributed by atoms with van der Waals surface area (Å²) in [5.41, 5.74) is 1.72. The molecule has 0 atom stereocenters. The monoisotopic (exact) mass is 493 g/mol. The zero-order chi connectivity index (χ0) is 23.5. The summed E-state index contributed by atoms with van der Waals surface area (Å²) < 4.78 is 30.7. The van der Waals surface area contributed by atoms with E-state index in [0.717, 1.165) is 27.0 Å². The van der Waals surface area contributed by atoms with E-state index in [1.54, 1.807) is 34.9 Å². The number of rotatable bonds is 7. The van der Waals surface area contributed by atoms with Gasteiger partial charge in [0.15, 0.2) is 11.0 Å². The predicted molar refractivity (Wildman–Crippen MR) is 129 cm³/mol. The number of halogens is 2. The van der Waals surface area contributed by atoms with E-state index < -0.39 is 11.6 Å². The van der Waals surface area contributed by atoms with E-state index in [2.05, 4.69) is 20.5 Å². The number of nitrogens with zero attached hydrogens (tertiary/aromatic N) is 4. The van der Waals surface area contributed by atoms with Crippen LogP contribution in [0.3, 0.4) is 0 Å². The van der Waals surface area contributed by atoms with Crippen molar-refractivity contribution in [3.63, 3.8) is 0 Å². The summed E-state index contributed by atoms with van der Waals surface area (Å²) in [5, 5.41) is 12.4. The first kappa shape index (κ1) is 22.2. The lowest BCUT2D eigenvalue weighted by atomic mass is 10.2. The van der Waals surface area contributed by atoms with E-state index in [1.165, 1.54) is 29.5 Å². The predicted octanol–water partition coefficient (Wildman–Crippen LogP) is 5.23. The van der Waals surface area contributed by atoms with Crippen LogP contribution >= 0.6 is 23.1 Å². The van der Waals surface area contributed by atoms with Crippen LogP contribution in [0.5, 0.6) is 0 Å². The molecule has 2 heterocycles. The van der Waals surface area contributed by atoms with Crippen LogP contribution in [-0.4, -0.2) is 31.4 Å². The number of thioether (sulfide) groups is 1. The Balaban J connectivity index is 1.34. The van der Waals surface area contributed by atoms with Gasteiger partial charge in [-0.25, -0.2) is 13.8 Å². The van der Waals surface area contributed by atoms with Gasteiger partial charge < -0.3 is 5.32 Å². The molecule has 0 spiro atoms. The lowest BCUT2D eigenvalue weighted by molar-refractivity contribution is -0.118. The number of hydrogen-bond acceptors (Lipinski definition) is 6. The van der Waals surface area contributed by atoms with Crippen molar-refractivity contribution in [3.8, 4) is 17.1 Å². The lowest BCUT2D eigenvalue weighted by Gasteiger charge is -2.11. The summed E-state index contributed by atoms with van der Waals surface area (Å²) in [6.45, 7) is 0.323. The van der Waals surface area contributed by atoms with Crippen LogP contribution in [0.2, 0.25) is 0 Å². The number of carbonyl (C=O) groups is 1. The molecule has 0 radical (unpaired) electrons. The number of benzene rings is 3. The van der Waals surface area contributed by atoms with Crippen LogP contribution in [0.25, 0.3) is 27.3 Å². The van der Waals surface area contributed by atoms with Crippen molar-refractivity contribution in [1.82, 2.24) is 25.1 Å². The SMILES string of the molecule is O=C(CSc1nnc(-c2ccccc2F)n1-c1ccc(F)cc1)NCc1nc2ccccc2s1. The van der Waals surface area contributed by atoms with Gasteiger partial charge in [-0.2, -0.15) is 0 Å². The molecule has 0 saturated heterocycles. The van der Waals surface area contributed by atoms with Gasteiger partial charge in [0.25, 0.3) is 0 Å². The van der Waals surface area contributed by atoms with E-state index in [9.17, 15) is 13.6 Å². The summed E-state index contributed by atoms with van der Waals surface area (Å²) in [5.74, 6) is -0.717. The molecule has 0 saturated carbocycles. The highest BCUT2D eigenvalue weighted by molar-refractivity contribution is 7.99. The van der Waals surface area contributed by atoms with E-state index in [0.29, 0.717) is 17.4 Å². The number of aromatic nitrogens is 4. The minimum absolute atomic E-state index is 0.0709. The molecule has 5 aromatic rings. The number of thiazole rings is 1. The molecule has 0 bridgehead atoms.